The largest absolute Gasteiger partial charge is 0.508 e. The first-order valence-corrected chi connectivity index (χ1v) is 13.4. The standard InChI is InChI=1S/C31H39N3O6/c1-6-20(2)26(33-30(39)40-31(3,4)5)29(38)34(17-18-35)27(22-12-15-25(36)16-13-22)28(37)32-24-14-11-21-9-7-8-10-23(21)19-24/h7-16,19-20,26-27,35-36H,6,17-18H2,1-5H3,(H,32,37)(H,33,39). The third kappa shape index (κ3) is 7.95. The molecule has 0 aliphatic carbocycles. The van der Waals surface area contributed by atoms with Crippen LogP contribution in [0, 0.1) is 5.92 Å². The Morgan fingerprint density at radius 3 is 2.23 bits per heavy atom. The lowest BCUT2D eigenvalue weighted by atomic mass is 9.95. The number of nitrogens with zero attached hydrogens (tertiary/aromatic N) is 1. The second-order valence-electron chi connectivity index (χ2n) is 10.8. The van der Waals surface area contributed by atoms with Crippen LogP contribution in [0.3, 0.4) is 0 Å². The summed E-state index contributed by atoms with van der Waals surface area (Å²) in [6, 6.07) is 17.0. The van der Waals surface area contributed by atoms with Crippen LogP contribution in [0.15, 0.2) is 66.7 Å². The lowest BCUT2D eigenvalue weighted by Gasteiger charge is -2.35. The van der Waals surface area contributed by atoms with Crippen LogP contribution in [-0.4, -0.2) is 57.8 Å². The molecule has 0 aromatic heterocycles. The van der Waals surface area contributed by atoms with Gasteiger partial charge in [0.1, 0.15) is 23.4 Å². The number of hydrogen-bond donors (Lipinski definition) is 4. The number of phenols is 1. The summed E-state index contributed by atoms with van der Waals surface area (Å²) in [7, 11) is 0. The van der Waals surface area contributed by atoms with Crippen LogP contribution in [0.25, 0.3) is 10.8 Å². The molecule has 0 aliphatic heterocycles. The zero-order chi connectivity index (χ0) is 29.4. The van der Waals surface area contributed by atoms with Gasteiger partial charge in [0.2, 0.25) is 5.91 Å². The molecule has 3 aromatic carbocycles. The number of rotatable bonds is 10. The van der Waals surface area contributed by atoms with Gasteiger partial charge in [0.15, 0.2) is 0 Å². The number of carbonyl (C=O) groups excluding carboxylic acids is 3. The molecular weight excluding hydrogens is 510 g/mol. The summed E-state index contributed by atoms with van der Waals surface area (Å²) >= 11 is 0. The molecule has 0 saturated heterocycles. The molecule has 0 spiro atoms. The van der Waals surface area contributed by atoms with E-state index in [4.69, 9.17) is 4.74 Å². The van der Waals surface area contributed by atoms with Crippen LogP contribution < -0.4 is 10.6 Å². The highest BCUT2D eigenvalue weighted by Crippen LogP contribution is 2.28. The molecule has 0 aliphatic rings. The Bertz CT molecular complexity index is 1320. The fourth-order valence-corrected chi connectivity index (χ4v) is 4.38. The zero-order valence-electron chi connectivity index (χ0n) is 23.7. The van der Waals surface area contributed by atoms with Crippen LogP contribution in [-0.2, 0) is 14.3 Å². The van der Waals surface area contributed by atoms with Gasteiger partial charge in [-0.25, -0.2) is 4.79 Å². The highest BCUT2D eigenvalue weighted by molar-refractivity contribution is 6.00. The van der Waals surface area contributed by atoms with Crippen molar-refractivity contribution in [3.63, 3.8) is 0 Å². The second-order valence-corrected chi connectivity index (χ2v) is 10.8. The molecule has 3 aromatic rings. The summed E-state index contributed by atoms with van der Waals surface area (Å²) in [5, 5.41) is 27.3. The van der Waals surface area contributed by atoms with E-state index in [-0.39, 0.29) is 18.2 Å². The van der Waals surface area contributed by atoms with Gasteiger partial charge < -0.3 is 30.5 Å². The average molecular weight is 550 g/mol. The SMILES string of the molecule is CCC(C)C(NC(=O)OC(C)(C)C)C(=O)N(CCO)C(C(=O)Nc1ccc2ccccc2c1)c1ccc(O)cc1. The van der Waals surface area contributed by atoms with Crippen molar-refractivity contribution in [1.82, 2.24) is 10.2 Å². The zero-order valence-corrected chi connectivity index (χ0v) is 23.7. The first-order chi connectivity index (χ1) is 18.9. The summed E-state index contributed by atoms with van der Waals surface area (Å²) in [5.74, 6) is -1.35. The van der Waals surface area contributed by atoms with Crippen molar-refractivity contribution < 1.29 is 29.3 Å². The van der Waals surface area contributed by atoms with Crippen LogP contribution in [0.1, 0.15) is 52.6 Å². The monoisotopic (exact) mass is 549 g/mol. The molecule has 0 saturated carbocycles. The quantitative estimate of drug-likeness (QED) is 0.282. The van der Waals surface area contributed by atoms with Gasteiger partial charge in [0.25, 0.3) is 5.91 Å². The Kier molecular flexibility index (Phi) is 10.1. The van der Waals surface area contributed by atoms with Gasteiger partial charge in [-0.05, 0) is 67.3 Å². The molecule has 3 atom stereocenters. The Morgan fingerprint density at radius 2 is 1.62 bits per heavy atom. The van der Waals surface area contributed by atoms with E-state index in [1.165, 1.54) is 17.0 Å². The van der Waals surface area contributed by atoms with E-state index in [1.54, 1.807) is 39.0 Å². The molecule has 0 bridgehead atoms. The summed E-state index contributed by atoms with van der Waals surface area (Å²) < 4.78 is 5.40. The van der Waals surface area contributed by atoms with Crippen molar-refractivity contribution in [1.29, 1.82) is 0 Å². The Hall–Kier alpha value is -4.11. The van der Waals surface area contributed by atoms with Gasteiger partial charge in [-0.1, -0.05) is 62.7 Å². The molecule has 4 N–H and O–H groups in total. The smallest absolute Gasteiger partial charge is 0.408 e. The summed E-state index contributed by atoms with van der Waals surface area (Å²) in [6.45, 7) is 8.31. The van der Waals surface area contributed by atoms with Gasteiger partial charge in [0, 0.05) is 12.2 Å². The maximum absolute atomic E-state index is 14.1. The van der Waals surface area contributed by atoms with Gasteiger partial charge >= 0.3 is 6.09 Å². The van der Waals surface area contributed by atoms with E-state index in [0.717, 1.165) is 10.8 Å². The molecule has 9 nitrogen and oxygen atoms in total. The number of aliphatic hydroxyl groups excluding tert-OH is 1. The van der Waals surface area contributed by atoms with E-state index >= 15 is 0 Å². The van der Waals surface area contributed by atoms with Crippen LogP contribution >= 0.6 is 0 Å². The molecule has 0 heterocycles. The lowest BCUT2D eigenvalue weighted by molar-refractivity contribution is -0.142. The number of anilines is 1. The maximum Gasteiger partial charge on any atom is 0.408 e. The van der Waals surface area contributed by atoms with E-state index < -0.39 is 42.2 Å². The Labute approximate surface area is 235 Å². The van der Waals surface area contributed by atoms with E-state index in [9.17, 15) is 24.6 Å². The number of phenolic OH excluding ortho intramolecular Hbond substituents is 1. The fourth-order valence-electron chi connectivity index (χ4n) is 4.38. The number of aliphatic hydroxyl groups is 1. The van der Waals surface area contributed by atoms with E-state index in [1.807, 2.05) is 50.2 Å². The molecule has 3 amide bonds. The average Bonchev–Trinajstić information content (AvgIpc) is 2.90. The topological polar surface area (TPSA) is 128 Å². The highest BCUT2D eigenvalue weighted by Gasteiger charge is 2.38. The number of alkyl carbamates (subject to hydrolysis) is 1. The van der Waals surface area contributed by atoms with Gasteiger partial charge in [-0.15, -0.1) is 0 Å². The Morgan fingerprint density at radius 1 is 0.975 bits per heavy atom. The van der Waals surface area contributed by atoms with Gasteiger partial charge in [0.05, 0.1) is 6.61 Å². The molecule has 3 unspecified atom stereocenters. The van der Waals surface area contributed by atoms with Crippen molar-refractivity contribution in [2.24, 2.45) is 5.92 Å². The van der Waals surface area contributed by atoms with Crippen LogP contribution in [0.2, 0.25) is 0 Å². The summed E-state index contributed by atoms with van der Waals surface area (Å²) in [4.78, 5) is 41.9. The number of hydrogen-bond acceptors (Lipinski definition) is 6. The number of nitrogens with one attached hydrogen (secondary N) is 2. The minimum atomic E-state index is -1.17. The van der Waals surface area contributed by atoms with Crippen LogP contribution in [0.4, 0.5) is 10.5 Å². The number of fused-ring (bicyclic) bond motifs is 1. The predicted octanol–water partition coefficient (Wildman–Crippen LogP) is 4.99. The van der Waals surface area contributed by atoms with E-state index in [2.05, 4.69) is 10.6 Å². The number of ether oxygens (including phenoxy) is 1. The molecule has 40 heavy (non-hydrogen) atoms. The predicted molar refractivity (Wildman–Crippen MR) is 155 cm³/mol. The molecule has 0 radical (unpaired) electrons. The van der Waals surface area contributed by atoms with Crippen molar-refractivity contribution in [2.45, 2.75) is 58.7 Å². The van der Waals surface area contributed by atoms with Crippen molar-refractivity contribution >= 4 is 34.4 Å². The van der Waals surface area contributed by atoms with Crippen molar-refractivity contribution in [3.05, 3.63) is 72.3 Å². The third-order valence-corrected chi connectivity index (χ3v) is 6.56. The second kappa shape index (κ2) is 13.3. The summed E-state index contributed by atoms with van der Waals surface area (Å²) in [6.07, 6.45) is -0.191. The number of benzene rings is 3. The van der Waals surface area contributed by atoms with Gasteiger partial charge in [-0.3, -0.25) is 9.59 Å². The summed E-state index contributed by atoms with van der Waals surface area (Å²) in [5.41, 5.74) is 0.193. The molecule has 3 rings (SSSR count). The molecular formula is C31H39N3O6. The number of amides is 3. The third-order valence-electron chi connectivity index (χ3n) is 6.56. The minimum absolute atomic E-state index is 0.00143. The van der Waals surface area contributed by atoms with Crippen molar-refractivity contribution in [3.8, 4) is 5.75 Å². The number of aromatic hydroxyl groups is 1. The Balaban J connectivity index is 2.00. The minimum Gasteiger partial charge on any atom is -0.508 e. The fraction of sp³-hybridized carbons (Fsp3) is 0.387. The van der Waals surface area contributed by atoms with Crippen molar-refractivity contribution in [2.75, 3.05) is 18.5 Å². The maximum atomic E-state index is 14.1. The van der Waals surface area contributed by atoms with Crippen LogP contribution in [0.5, 0.6) is 5.75 Å². The lowest BCUT2D eigenvalue weighted by Crippen LogP contribution is -2.55. The van der Waals surface area contributed by atoms with Gasteiger partial charge in [-0.2, -0.15) is 0 Å². The first-order valence-electron chi connectivity index (χ1n) is 13.4. The normalized spacial score (nSPS) is 13.7. The molecule has 9 heteroatoms. The van der Waals surface area contributed by atoms with E-state index in [0.29, 0.717) is 17.7 Å². The molecule has 214 valence electrons. The first kappa shape index (κ1) is 30.4. The molecule has 0 fully saturated rings. The highest BCUT2D eigenvalue weighted by atomic mass is 16.6. The number of carbonyl (C=O) groups is 3.